The van der Waals surface area contributed by atoms with E-state index >= 15 is 0 Å². The summed E-state index contributed by atoms with van der Waals surface area (Å²) in [4.78, 5) is 60.1. The first-order valence-electron chi connectivity index (χ1n) is 15.1. The van der Waals surface area contributed by atoms with E-state index in [1.165, 1.54) is 12.5 Å². The minimum atomic E-state index is -4.58. The lowest BCUT2D eigenvalue weighted by Crippen LogP contribution is -2.47. The largest absolute Gasteiger partial charge is 0.481 e. The molecule has 1 aromatic rings. The number of carbonyl (C=O) groups is 5. The molecule has 0 aliphatic rings. The summed E-state index contributed by atoms with van der Waals surface area (Å²) in [5.41, 5.74) is -0.742. The molecule has 0 aromatic heterocycles. The summed E-state index contributed by atoms with van der Waals surface area (Å²) in [7, 11) is 0. The molecule has 12 heteroatoms. The number of unbranched alkanes of at least 4 members (excludes halogenated alkanes) is 8. The Morgan fingerprint density at radius 1 is 0.818 bits per heavy atom. The number of allylic oxidation sites excluding steroid dienone is 1. The molecule has 9 nitrogen and oxygen atoms in total. The van der Waals surface area contributed by atoms with Gasteiger partial charge in [-0.3, -0.25) is 19.2 Å². The summed E-state index contributed by atoms with van der Waals surface area (Å²) in [5, 5.41) is 30.7. The molecule has 0 aliphatic heterocycles. The van der Waals surface area contributed by atoms with E-state index in [-0.39, 0.29) is 17.8 Å². The SMILES string of the molecule is CCCCCCCC(=O)CCCCCC/C=C/[C@H](C(=O)NC(Cc1ccc(C(F)(F)F)cc1)C(=O)O)C(CC(=O)O)C(=O)O. The van der Waals surface area contributed by atoms with Crippen molar-refractivity contribution in [2.45, 2.75) is 109 Å². The number of aliphatic carboxylic acids is 3. The quantitative estimate of drug-likeness (QED) is 0.0798. The van der Waals surface area contributed by atoms with E-state index in [0.29, 0.717) is 25.7 Å². The number of nitrogens with one attached hydrogen (secondary N) is 1. The number of hydrogen-bond donors (Lipinski definition) is 4. The Kier molecular flexibility index (Phi) is 17.7. The fraction of sp³-hybridized carbons (Fsp3) is 0.594. The maximum absolute atomic E-state index is 13.1. The average Bonchev–Trinajstić information content (AvgIpc) is 2.94. The lowest BCUT2D eigenvalue weighted by molar-refractivity contribution is -0.152. The number of benzene rings is 1. The van der Waals surface area contributed by atoms with Crippen molar-refractivity contribution in [3.8, 4) is 0 Å². The second-order valence-corrected chi connectivity index (χ2v) is 11.0. The predicted molar refractivity (Wildman–Crippen MR) is 157 cm³/mol. The highest BCUT2D eigenvalue weighted by Gasteiger charge is 2.36. The zero-order valence-corrected chi connectivity index (χ0v) is 25.1. The normalized spacial score (nSPS) is 13.7. The monoisotopic (exact) mass is 627 g/mol. The summed E-state index contributed by atoms with van der Waals surface area (Å²) < 4.78 is 38.5. The first-order chi connectivity index (χ1) is 20.8. The van der Waals surface area contributed by atoms with Gasteiger partial charge in [0.15, 0.2) is 0 Å². The third-order valence-electron chi connectivity index (χ3n) is 7.26. The molecule has 1 amide bonds. The van der Waals surface area contributed by atoms with E-state index in [2.05, 4.69) is 12.2 Å². The van der Waals surface area contributed by atoms with E-state index in [0.717, 1.165) is 69.2 Å². The number of ketones is 1. The van der Waals surface area contributed by atoms with E-state index in [1.54, 1.807) is 6.08 Å². The Morgan fingerprint density at radius 2 is 1.39 bits per heavy atom. The average molecular weight is 628 g/mol. The molecule has 2 unspecified atom stereocenters. The van der Waals surface area contributed by atoms with Crippen molar-refractivity contribution in [2.75, 3.05) is 0 Å². The second kappa shape index (κ2) is 20.3. The summed E-state index contributed by atoms with van der Waals surface area (Å²) in [5.74, 6) is -8.47. The van der Waals surface area contributed by atoms with Crippen molar-refractivity contribution in [1.82, 2.24) is 5.32 Å². The number of alkyl halides is 3. The van der Waals surface area contributed by atoms with Gasteiger partial charge in [0.05, 0.1) is 23.8 Å². The van der Waals surface area contributed by atoms with Crippen LogP contribution in [-0.4, -0.2) is 51.0 Å². The van der Waals surface area contributed by atoms with Crippen LogP contribution in [0.2, 0.25) is 0 Å². The highest BCUT2D eigenvalue weighted by atomic mass is 19.4. The minimum absolute atomic E-state index is 0.187. The van der Waals surface area contributed by atoms with Crippen LogP contribution in [0, 0.1) is 11.8 Å². The van der Waals surface area contributed by atoms with Crippen LogP contribution in [0.25, 0.3) is 0 Å². The molecule has 0 bridgehead atoms. The summed E-state index contributed by atoms with van der Waals surface area (Å²) >= 11 is 0. The molecule has 0 saturated heterocycles. The lowest BCUT2D eigenvalue weighted by Gasteiger charge is -2.22. The molecule has 0 radical (unpaired) electrons. The molecule has 246 valence electrons. The van der Waals surface area contributed by atoms with Crippen LogP contribution >= 0.6 is 0 Å². The molecule has 1 aromatic carbocycles. The molecule has 4 N–H and O–H groups in total. The lowest BCUT2D eigenvalue weighted by atomic mass is 9.87. The van der Waals surface area contributed by atoms with Crippen LogP contribution in [0.1, 0.15) is 102 Å². The Hall–Kier alpha value is -3.70. The molecule has 0 aliphatic carbocycles. The van der Waals surface area contributed by atoms with Gasteiger partial charge < -0.3 is 20.6 Å². The molecule has 3 atom stereocenters. The van der Waals surface area contributed by atoms with Crippen molar-refractivity contribution >= 4 is 29.6 Å². The number of Topliss-reactive ketones (excluding diaryl/α,β-unsaturated/α-hetero) is 1. The van der Waals surface area contributed by atoms with Gasteiger partial charge in [-0.25, -0.2) is 4.79 Å². The minimum Gasteiger partial charge on any atom is -0.481 e. The number of carboxylic acid groups (broad SMARTS) is 3. The van der Waals surface area contributed by atoms with Crippen LogP contribution in [-0.2, 0) is 36.6 Å². The van der Waals surface area contributed by atoms with Crippen molar-refractivity contribution in [3.05, 3.63) is 47.5 Å². The van der Waals surface area contributed by atoms with Crippen LogP contribution in [0.4, 0.5) is 13.2 Å². The van der Waals surface area contributed by atoms with Gasteiger partial charge >= 0.3 is 24.1 Å². The van der Waals surface area contributed by atoms with Gasteiger partial charge in [0.2, 0.25) is 5.91 Å². The number of carboxylic acids is 3. The highest BCUT2D eigenvalue weighted by molar-refractivity contribution is 5.91. The van der Waals surface area contributed by atoms with Crippen molar-refractivity contribution in [3.63, 3.8) is 0 Å². The summed E-state index contributed by atoms with van der Waals surface area (Å²) in [6.07, 6.45) is 7.04. The molecule has 44 heavy (non-hydrogen) atoms. The Balaban J connectivity index is 2.76. The summed E-state index contributed by atoms with van der Waals surface area (Å²) in [6, 6.07) is 2.12. The molecule has 0 saturated carbocycles. The molecular weight excluding hydrogens is 583 g/mol. The summed E-state index contributed by atoms with van der Waals surface area (Å²) in [6.45, 7) is 2.14. The number of rotatable bonds is 23. The van der Waals surface area contributed by atoms with Gasteiger partial charge in [-0.2, -0.15) is 13.2 Å². The van der Waals surface area contributed by atoms with E-state index < -0.39 is 59.9 Å². The standard InChI is InChI=1S/C32H44F3NO8/c1-2-3-4-7-10-13-24(37)14-11-8-5-6-9-12-15-25(26(30(41)42)21-28(38)39)29(40)36-27(31(43)44)20-22-16-18-23(19-17-22)32(33,34)35/h12,15-19,25-27H,2-11,13-14,20-21H2,1H3,(H,36,40)(H,38,39)(H,41,42)(H,43,44)/b15-12+/t25-,26?,27?/m0/s1. The third kappa shape index (κ3) is 15.7. The Bertz CT molecular complexity index is 1100. The van der Waals surface area contributed by atoms with E-state index in [4.69, 9.17) is 0 Å². The topological polar surface area (TPSA) is 158 Å². The van der Waals surface area contributed by atoms with Gasteiger partial charge in [-0.1, -0.05) is 69.7 Å². The molecule has 1 rings (SSSR count). The van der Waals surface area contributed by atoms with Gasteiger partial charge in [-0.15, -0.1) is 0 Å². The van der Waals surface area contributed by atoms with E-state index in [9.17, 15) is 52.5 Å². The highest BCUT2D eigenvalue weighted by Crippen LogP contribution is 2.29. The van der Waals surface area contributed by atoms with Crippen molar-refractivity contribution in [1.29, 1.82) is 0 Å². The first kappa shape index (κ1) is 38.3. The van der Waals surface area contributed by atoms with Gasteiger partial charge in [0.1, 0.15) is 11.8 Å². The zero-order valence-electron chi connectivity index (χ0n) is 25.1. The number of amides is 1. The van der Waals surface area contributed by atoms with Gasteiger partial charge in [-0.05, 0) is 43.4 Å². The number of hydrogen-bond acceptors (Lipinski definition) is 5. The fourth-order valence-corrected chi connectivity index (χ4v) is 4.73. The van der Waals surface area contributed by atoms with Gasteiger partial charge in [0.25, 0.3) is 0 Å². The predicted octanol–water partition coefficient (Wildman–Crippen LogP) is 6.44. The maximum Gasteiger partial charge on any atom is 0.416 e. The fourth-order valence-electron chi connectivity index (χ4n) is 4.73. The van der Waals surface area contributed by atoms with Gasteiger partial charge in [0, 0.05) is 19.3 Å². The van der Waals surface area contributed by atoms with Crippen molar-refractivity contribution in [2.24, 2.45) is 11.8 Å². The molecule has 0 fully saturated rings. The Morgan fingerprint density at radius 3 is 1.89 bits per heavy atom. The van der Waals surface area contributed by atoms with Crippen molar-refractivity contribution < 1.29 is 52.5 Å². The third-order valence-corrected chi connectivity index (χ3v) is 7.26. The zero-order chi connectivity index (χ0) is 33.1. The van der Waals surface area contributed by atoms with Crippen LogP contribution < -0.4 is 5.32 Å². The second-order valence-electron chi connectivity index (χ2n) is 11.0. The number of carbonyl (C=O) groups excluding carboxylic acids is 2. The van der Waals surface area contributed by atoms with Crippen LogP contribution in [0.15, 0.2) is 36.4 Å². The molecule has 0 spiro atoms. The molecular formula is C32H44F3NO8. The Labute approximate surface area is 255 Å². The number of halogens is 3. The van der Waals surface area contributed by atoms with Crippen LogP contribution in [0.3, 0.4) is 0 Å². The molecule has 0 heterocycles. The van der Waals surface area contributed by atoms with E-state index in [1.807, 2.05) is 0 Å². The smallest absolute Gasteiger partial charge is 0.416 e. The first-order valence-corrected chi connectivity index (χ1v) is 15.1. The maximum atomic E-state index is 13.1. The van der Waals surface area contributed by atoms with Crippen LogP contribution in [0.5, 0.6) is 0 Å².